The van der Waals surface area contributed by atoms with Crippen molar-refractivity contribution in [1.29, 1.82) is 0 Å². The second kappa shape index (κ2) is 4.80. The lowest BCUT2D eigenvalue weighted by molar-refractivity contribution is 0.574. The largest absolute Gasteiger partial charge is 0.357 e. The van der Waals surface area contributed by atoms with Crippen LogP contribution in [0.2, 0.25) is 0 Å². The van der Waals surface area contributed by atoms with Crippen LogP contribution >= 0.6 is 22.6 Å². The Morgan fingerprint density at radius 1 is 1.00 bits per heavy atom. The lowest BCUT2D eigenvalue weighted by Crippen LogP contribution is -2.30. The van der Waals surface area contributed by atoms with E-state index in [0.29, 0.717) is 0 Å². The van der Waals surface area contributed by atoms with Gasteiger partial charge in [-0.25, -0.2) is 4.98 Å². The van der Waals surface area contributed by atoms with E-state index in [0.717, 1.165) is 24.4 Å². The molecule has 3 rings (SSSR count). The second-order valence-corrected chi connectivity index (χ2v) is 5.80. The molecule has 2 nitrogen and oxygen atoms in total. The highest BCUT2D eigenvalue weighted by Gasteiger charge is 2.12. The van der Waals surface area contributed by atoms with Crippen LogP contribution in [-0.4, -0.2) is 18.1 Å². The summed E-state index contributed by atoms with van der Waals surface area (Å²) in [7, 11) is 0. The molecule has 1 aliphatic heterocycles. The zero-order valence-electron chi connectivity index (χ0n) is 9.69. The predicted molar refractivity (Wildman–Crippen MR) is 80.5 cm³/mol. The van der Waals surface area contributed by atoms with E-state index in [1.165, 1.54) is 28.2 Å². The molecule has 1 saturated heterocycles. The predicted octanol–water partition coefficient (Wildman–Crippen LogP) is 3.83. The van der Waals surface area contributed by atoms with Gasteiger partial charge in [0.25, 0.3) is 0 Å². The van der Waals surface area contributed by atoms with Crippen LogP contribution < -0.4 is 4.90 Å². The van der Waals surface area contributed by atoms with E-state index in [1.54, 1.807) is 0 Å². The second-order valence-electron chi connectivity index (χ2n) is 4.55. The Morgan fingerprint density at radius 3 is 2.65 bits per heavy atom. The van der Waals surface area contributed by atoms with Crippen molar-refractivity contribution in [3.63, 3.8) is 0 Å². The van der Waals surface area contributed by atoms with E-state index >= 15 is 0 Å². The van der Waals surface area contributed by atoms with Crippen molar-refractivity contribution in [2.24, 2.45) is 0 Å². The molecule has 2 heterocycles. The number of rotatable bonds is 1. The third-order valence-electron chi connectivity index (χ3n) is 3.32. The molecular weight excluding hydrogens is 323 g/mol. The molecule has 1 aromatic carbocycles. The topological polar surface area (TPSA) is 16.1 Å². The number of hydrogen-bond donors (Lipinski definition) is 0. The molecule has 1 fully saturated rings. The van der Waals surface area contributed by atoms with Gasteiger partial charge in [-0.15, -0.1) is 0 Å². The molecule has 88 valence electrons. The first-order chi connectivity index (χ1) is 8.33. The average molecular weight is 338 g/mol. The van der Waals surface area contributed by atoms with E-state index in [4.69, 9.17) is 4.98 Å². The number of benzene rings is 1. The van der Waals surface area contributed by atoms with E-state index in [2.05, 4.69) is 57.8 Å². The fourth-order valence-electron chi connectivity index (χ4n) is 2.38. The fourth-order valence-corrected chi connectivity index (χ4v) is 2.90. The summed E-state index contributed by atoms with van der Waals surface area (Å²) < 4.78 is 1.27. The highest BCUT2D eigenvalue weighted by atomic mass is 127. The molecule has 0 spiro atoms. The van der Waals surface area contributed by atoms with Gasteiger partial charge in [-0.1, -0.05) is 0 Å². The van der Waals surface area contributed by atoms with Crippen LogP contribution in [0.15, 0.2) is 30.3 Å². The van der Waals surface area contributed by atoms with Crippen LogP contribution in [0.5, 0.6) is 0 Å². The van der Waals surface area contributed by atoms with Gasteiger partial charge in [0.1, 0.15) is 5.82 Å². The molecule has 17 heavy (non-hydrogen) atoms. The van der Waals surface area contributed by atoms with Crippen LogP contribution in [0, 0.1) is 3.57 Å². The van der Waals surface area contributed by atoms with Gasteiger partial charge in [0.2, 0.25) is 0 Å². The maximum Gasteiger partial charge on any atom is 0.129 e. The summed E-state index contributed by atoms with van der Waals surface area (Å²) in [5.41, 5.74) is 1.11. The van der Waals surface area contributed by atoms with Crippen molar-refractivity contribution in [3.05, 3.63) is 33.9 Å². The number of anilines is 1. The van der Waals surface area contributed by atoms with Gasteiger partial charge in [-0.3, -0.25) is 0 Å². The third-order valence-corrected chi connectivity index (χ3v) is 3.99. The number of piperidine rings is 1. The number of pyridine rings is 1. The monoisotopic (exact) mass is 338 g/mol. The molecule has 0 atom stereocenters. The molecular formula is C14H15IN2. The summed E-state index contributed by atoms with van der Waals surface area (Å²) in [6.07, 6.45) is 3.96. The van der Waals surface area contributed by atoms with Crippen molar-refractivity contribution >= 4 is 39.3 Å². The summed E-state index contributed by atoms with van der Waals surface area (Å²) in [6, 6.07) is 10.8. The van der Waals surface area contributed by atoms with Crippen LogP contribution in [0.4, 0.5) is 5.82 Å². The number of fused-ring (bicyclic) bond motifs is 1. The molecule has 1 aromatic heterocycles. The maximum atomic E-state index is 4.76. The SMILES string of the molecule is Ic1ccc2nc(N3CCCCC3)ccc2c1. The van der Waals surface area contributed by atoms with Crippen LogP contribution in [0.25, 0.3) is 10.9 Å². The van der Waals surface area contributed by atoms with Crippen molar-refractivity contribution in [2.75, 3.05) is 18.0 Å². The van der Waals surface area contributed by atoms with Gasteiger partial charge >= 0.3 is 0 Å². The lowest BCUT2D eigenvalue weighted by atomic mass is 10.1. The van der Waals surface area contributed by atoms with Gasteiger partial charge in [0, 0.05) is 22.0 Å². The highest BCUT2D eigenvalue weighted by molar-refractivity contribution is 14.1. The first-order valence-corrected chi connectivity index (χ1v) is 7.22. The summed E-state index contributed by atoms with van der Waals surface area (Å²) in [5, 5.41) is 1.23. The standard InChI is InChI=1S/C14H15IN2/c15-12-5-6-13-11(10-12)4-7-14(16-13)17-8-2-1-3-9-17/h4-7,10H,1-3,8-9H2. The molecule has 1 aliphatic rings. The zero-order valence-corrected chi connectivity index (χ0v) is 11.9. The van der Waals surface area contributed by atoms with Crippen LogP contribution in [0.1, 0.15) is 19.3 Å². The molecule has 3 heteroatoms. The lowest BCUT2D eigenvalue weighted by Gasteiger charge is -2.27. The Morgan fingerprint density at radius 2 is 1.82 bits per heavy atom. The van der Waals surface area contributed by atoms with Crippen LogP contribution in [-0.2, 0) is 0 Å². The van der Waals surface area contributed by atoms with Gasteiger partial charge in [-0.2, -0.15) is 0 Å². The smallest absolute Gasteiger partial charge is 0.129 e. The zero-order chi connectivity index (χ0) is 11.7. The Kier molecular flexibility index (Phi) is 3.18. The Labute approximate surface area is 115 Å². The Hall–Kier alpha value is -0.840. The minimum Gasteiger partial charge on any atom is -0.357 e. The third kappa shape index (κ3) is 2.39. The summed E-state index contributed by atoms with van der Waals surface area (Å²) in [4.78, 5) is 7.17. The fraction of sp³-hybridized carbons (Fsp3) is 0.357. The van der Waals surface area contributed by atoms with Gasteiger partial charge in [0.15, 0.2) is 0 Å². The number of aromatic nitrogens is 1. The maximum absolute atomic E-state index is 4.76. The first-order valence-electron chi connectivity index (χ1n) is 6.14. The van der Waals surface area contributed by atoms with E-state index in [9.17, 15) is 0 Å². The summed E-state index contributed by atoms with van der Waals surface area (Å²) in [5.74, 6) is 1.14. The molecule has 0 bridgehead atoms. The average Bonchev–Trinajstić information content (AvgIpc) is 2.39. The minimum atomic E-state index is 1.11. The molecule has 0 N–H and O–H groups in total. The van der Waals surface area contributed by atoms with Crippen molar-refractivity contribution in [1.82, 2.24) is 4.98 Å². The summed E-state index contributed by atoms with van der Waals surface area (Å²) >= 11 is 2.34. The molecule has 0 saturated carbocycles. The van der Waals surface area contributed by atoms with Gasteiger partial charge < -0.3 is 4.90 Å². The van der Waals surface area contributed by atoms with Gasteiger partial charge in [0.05, 0.1) is 5.52 Å². The molecule has 0 aliphatic carbocycles. The normalized spacial score (nSPS) is 16.4. The number of nitrogens with zero attached hydrogens (tertiary/aromatic N) is 2. The Bertz CT molecular complexity index is 533. The van der Waals surface area contributed by atoms with Gasteiger partial charge in [-0.05, 0) is 72.2 Å². The van der Waals surface area contributed by atoms with Crippen LogP contribution in [0.3, 0.4) is 0 Å². The first kappa shape index (κ1) is 11.3. The number of halogens is 1. The molecule has 0 radical (unpaired) electrons. The molecule has 0 unspecified atom stereocenters. The number of hydrogen-bond acceptors (Lipinski definition) is 2. The quantitative estimate of drug-likeness (QED) is 0.735. The molecule has 0 amide bonds. The van der Waals surface area contributed by atoms with E-state index in [-0.39, 0.29) is 0 Å². The van der Waals surface area contributed by atoms with E-state index < -0.39 is 0 Å². The van der Waals surface area contributed by atoms with Crippen molar-refractivity contribution in [2.45, 2.75) is 19.3 Å². The highest BCUT2D eigenvalue weighted by Crippen LogP contribution is 2.22. The molecule has 2 aromatic rings. The van der Waals surface area contributed by atoms with Crippen molar-refractivity contribution in [3.8, 4) is 0 Å². The minimum absolute atomic E-state index is 1.11. The Balaban J connectivity index is 1.98. The van der Waals surface area contributed by atoms with E-state index in [1.807, 2.05) is 0 Å². The summed E-state index contributed by atoms with van der Waals surface area (Å²) in [6.45, 7) is 2.31. The van der Waals surface area contributed by atoms with Crippen molar-refractivity contribution < 1.29 is 0 Å².